The minimum atomic E-state index is -0.0805. The minimum absolute atomic E-state index is 0.0247. The van der Waals surface area contributed by atoms with Crippen LogP contribution in [0.1, 0.15) is 41.6 Å². The van der Waals surface area contributed by atoms with Crippen LogP contribution >= 0.6 is 24.0 Å². The molecule has 2 fully saturated rings. The van der Waals surface area contributed by atoms with Gasteiger partial charge in [-0.2, -0.15) is 0 Å². The first-order chi connectivity index (χ1) is 11.0. The summed E-state index contributed by atoms with van der Waals surface area (Å²) >= 11 is 6.41. The summed E-state index contributed by atoms with van der Waals surface area (Å²) in [7, 11) is 1.68. The molecule has 1 heterocycles. The van der Waals surface area contributed by atoms with Gasteiger partial charge in [0.15, 0.2) is 0 Å². The highest BCUT2D eigenvalue weighted by molar-refractivity contribution is 8.26. The molecule has 1 aromatic carbocycles. The third kappa shape index (κ3) is 3.64. The second kappa shape index (κ2) is 6.84. The van der Waals surface area contributed by atoms with Gasteiger partial charge in [0.05, 0.1) is 4.91 Å². The maximum absolute atomic E-state index is 12.2. The van der Waals surface area contributed by atoms with Crippen LogP contribution in [-0.4, -0.2) is 34.1 Å². The number of hydrogen-bond donors (Lipinski definition) is 1. The van der Waals surface area contributed by atoms with Gasteiger partial charge in [-0.15, -0.1) is 0 Å². The SMILES string of the molecule is CN1C(=O)C(=Cc2ccc(C(=O)NC3CCCC3)cc2)SC1=S. The van der Waals surface area contributed by atoms with Gasteiger partial charge in [0.25, 0.3) is 11.8 Å². The van der Waals surface area contributed by atoms with Crippen LogP contribution in [-0.2, 0) is 4.79 Å². The highest BCUT2D eigenvalue weighted by Crippen LogP contribution is 2.31. The zero-order valence-electron chi connectivity index (χ0n) is 12.9. The van der Waals surface area contributed by atoms with Crippen molar-refractivity contribution in [1.82, 2.24) is 10.2 Å². The Morgan fingerprint density at radius 2 is 1.96 bits per heavy atom. The van der Waals surface area contributed by atoms with E-state index in [-0.39, 0.29) is 11.8 Å². The van der Waals surface area contributed by atoms with Crippen molar-refractivity contribution in [3.05, 3.63) is 40.3 Å². The first kappa shape index (κ1) is 16.2. The normalized spacial score (nSPS) is 20.6. The molecule has 0 atom stereocenters. The first-order valence-corrected chi connectivity index (χ1v) is 8.89. The summed E-state index contributed by atoms with van der Waals surface area (Å²) in [5, 5.41) is 3.07. The van der Waals surface area contributed by atoms with Gasteiger partial charge in [0, 0.05) is 18.7 Å². The van der Waals surface area contributed by atoms with Crippen LogP contribution in [0.4, 0.5) is 0 Å². The molecule has 120 valence electrons. The van der Waals surface area contributed by atoms with E-state index in [0.717, 1.165) is 18.4 Å². The van der Waals surface area contributed by atoms with Gasteiger partial charge in [0.2, 0.25) is 0 Å². The molecule has 1 saturated carbocycles. The number of thioether (sulfide) groups is 1. The second-order valence-corrected chi connectivity index (χ2v) is 7.49. The molecule has 0 spiro atoms. The smallest absolute Gasteiger partial charge is 0.265 e. The van der Waals surface area contributed by atoms with Gasteiger partial charge in [0.1, 0.15) is 4.32 Å². The van der Waals surface area contributed by atoms with Crippen molar-refractivity contribution < 1.29 is 9.59 Å². The molecule has 0 aromatic heterocycles. The zero-order valence-corrected chi connectivity index (χ0v) is 14.5. The monoisotopic (exact) mass is 346 g/mol. The number of thiocarbonyl (C=S) groups is 1. The zero-order chi connectivity index (χ0) is 16.4. The maximum Gasteiger partial charge on any atom is 0.265 e. The summed E-state index contributed by atoms with van der Waals surface area (Å²) in [6, 6.07) is 7.61. The average molecular weight is 346 g/mol. The van der Waals surface area contributed by atoms with Crippen molar-refractivity contribution in [3.8, 4) is 0 Å². The molecular weight excluding hydrogens is 328 g/mol. The Hall–Kier alpha value is -1.66. The number of carbonyl (C=O) groups is 2. The molecule has 1 N–H and O–H groups in total. The lowest BCUT2D eigenvalue weighted by Crippen LogP contribution is -2.32. The number of hydrogen-bond acceptors (Lipinski definition) is 4. The maximum atomic E-state index is 12.2. The van der Waals surface area contributed by atoms with Gasteiger partial charge < -0.3 is 5.32 Å². The van der Waals surface area contributed by atoms with Crippen LogP contribution in [0, 0.1) is 0 Å². The van der Waals surface area contributed by atoms with Gasteiger partial charge in [-0.05, 0) is 36.6 Å². The van der Waals surface area contributed by atoms with Crippen LogP contribution in [0.2, 0.25) is 0 Å². The Morgan fingerprint density at radius 3 is 2.52 bits per heavy atom. The Bertz CT molecular complexity index is 676. The van der Waals surface area contributed by atoms with Crippen LogP contribution < -0.4 is 5.32 Å². The van der Waals surface area contributed by atoms with Crippen LogP contribution in [0.25, 0.3) is 6.08 Å². The Labute approximate surface area is 145 Å². The molecule has 6 heteroatoms. The van der Waals surface area contributed by atoms with E-state index in [1.807, 2.05) is 12.1 Å². The fourth-order valence-corrected chi connectivity index (χ4v) is 3.95. The van der Waals surface area contributed by atoms with E-state index >= 15 is 0 Å². The highest BCUT2D eigenvalue weighted by atomic mass is 32.2. The predicted molar refractivity (Wildman–Crippen MR) is 97.1 cm³/mol. The quantitative estimate of drug-likeness (QED) is 0.674. The molecule has 3 rings (SSSR count). The molecule has 0 radical (unpaired) electrons. The highest BCUT2D eigenvalue weighted by Gasteiger charge is 2.28. The molecule has 1 aliphatic carbocycles. The van der Waals surface area contributed by atoms with E-state index in [9.17, 15) is 9.59 Å². The topological polar surface area (TPSA) is 49.4 Å². The van der Waals surface area contributed by atoms with Crippen molar-refractivity contribution in [2.24, 2.45) is 0 Å². The molecule has 1 saturated heterocycles. The van der Waals surface area contributed by atoms with Crippen molar-refractivity contribution in [2.75, 3.05) is 7.05 Å². The summed E-state index contributed by atoms with van der Waals surface area (Å²) in [6.07, 6.45) is 6.34. The summed E-state index contributed by atoms with van der Waals surface area (Å²) in [5.74, 6) is -0.105. The van der Waals surface area contributed by atoms with Gasteiger partial charge in [-0.25, -0.2) is 0 Å². The van der Waals surface area contributed by atoms with E-state index in [1.54, 1.807) is 25.3 Å². The number of nitrogens with one attached hydrogen (secondary N) is 1. The Morgan fingerprint density at radius 1 is 1.30 bits per heavy atom. The minimum Gasteiger partial charge on any atom is -0.349 e. The number of likely N-dealkylation sites (N-methyl/N-ethyl adjacent to an activating group) is 1. The van der Waals surface area contributed by atoms with E-state index < -0.39 is 0 Å². The van der Waals surface area contributed by atoms with Crippen molar-refractivity contribution in [1.29, 1.82) is 0 Å². The van der Waals surface area contributed by atoms with Crippen LogP contribution in [0.15, 0.2) is 29.2 Å². The van der Waals surface area contributed by atoms with E-state index in [2.05, 4.69) is 5.32 Å². The molecule has 0 bridgehead atoms. The van der Waals surface area contributed by atoms with Crippen LogP contribution in [0.5, 0.6) is 0 Å². The fourth-order valence-electron chi connectivity index (χ4n) is 2.77. The number of benzene rings is 1. The molecule has 2 aliphatic rings. The fraction of sp³-hybridized carbons (Fsp3) is 0.353. The lowest BCUT2D eigenvalue weighted by molar-refractivity contribution is -0.121. The lowest BCUT2D eigenvalue weighted by atomic mass is 10.1. The standard InChI is InChI=1S/C17H18N2O2S2/c1-19-16(21)14(23-17(19)22)10-11-6-8-12(9-7-11)15(20)18-13-4-2-3-5-13/h6-10,13H,2-5H2,1H3,(H,18,20). The first-order valence-electron chi connectivity index (χ1n) is 7.67. The van der Waals surface area contributed by atoms with E-state index in [1.165, 1.54) is 29.5 Å². The van der Waals surface area contributed by atoms with Crippen molar-refractivity contribution in [2.45, 2.75) is 31.7 Å². The summed E-state index contributed by atoms with van der Waals surface area (Å²) in [6.45, 7) is 0. The van der Waals surface area contributed by atoms with Gasteiger partial charge in [-0.1, -0.05) is 49.0 Å². The largest absolute Gasteiger partial charge is 0.349 e. The van der Waals surface area contributed by atoms with Crippen LogP contribution in [0.3, 0.4) is 0 Å². The van der Waals surface area contributed by atoms with Crippen molar-refractivity contribution in [3.63, 3.8) is 0 Å². The molecule has 1 aromatic rings. The Kier molecular flexibility index (Phi) is 4.82. The van der Waals surface area contributed by atoms with Gasteiger partial charge >= 0.3 is 0 Å². The van der Waals surface area contributed by atoms with Crippen molar-refractivity contribution >= 4 is 46.2 Å². The predicted octanol–water partition coefficient (Wildman–Crippen LogP) is 3.19. The van der Waals surface area contributed by atoms with E-state index in [4.69, 9.17) is 12.2 Å². The molecular formula is C17H18N2O2S2. The summed E-state index contributed by atoms with van der Waals surface area (Å²) in [5.41, 5.74) is 1.54. The number of carbonyl (C=O) groups excluding carboxylic acids is 2. The van der Waals surface area contributed by atoms with E-state index in [0.29, 0.717) is 20.8 Å². The number of nitrogens with zero attached hydrogens (tertiary/aromatic N) is 1. The Balaban J connectivity index is 1.68. The summed E-state index contributed by atoms with van der Waals surface area (Å²) in [4.78, 5) is 26.2. The number of rotatable bonds is 3. The third-order valence-electron chi connectivity index (χ3n) is 4.15. The molecule has 4 nitrogen and oxygen atoms in total. The molecule has 2 amide bonds. The lowest BCUT2D eigenvalue weighted by Gasteiger charge is -2.11. The van der Waals surface area contributed by atoms with Gasteiger partial charge in [-0.3, -0.25) is 14.5 Å². The second-order valence-electron chi connectivity index (χ2n) is 5.82. The summed E-state index contributed by atoms with van der Waals surface area (Å²) < 4.78 is 0.564. The third-order valence-corrected chi connectivity index (χ3v) is 5.63. The molecule has 23 heavy (non-hydrogen) atoms. The molecule has 0 unspecified atom stereocenters. The molecule has 1 aliphatic heterocycles. The number of amides is 2. The average Bonchev–Trinajstić information content (AvgIpc) is 3.13.